The van der Waals surface area contributed by atoms with Crippen LogP contribution in [0, 0.1) is 27.7 Å². The van der Waals surface area contributed by atoms with Crippen molar-refractivity contribution in [1.82, 2.24) is 0 Å². The van der Waals surface area contributed by atoms with E-state index in [1.165, 1.54) is 6.07 Å². The van der Waals surface area contributed by atoms with Crippen molar-refractivity contribution in [3.8, 4) is 0 Å². The van der Waals surface area contributed by atoms with E-state index in [2.05, 4.69) is 0 Å². The highest BCUT2D eigenvalue weighted by Crippen LogP contribution is 2.20. The van der Waals surface area contributed by atoms with Crippen molar-refractivity contribution < 1.29 is 12.3 Å². The molecule has 0 unspecified atom stereocenters. The molecule has 0 saturated carbocycles. The van der Waals surface area contributed by atoms with Gasteiger partial charge in [-0.3, -0.25) is 0 Å². The zero-order valence-corrected chi connectivity index (χ0v) is 9.71. The Kier molecular flexibility index (Phi) is 2.76. The van der Waals surface area contributed by atoms with Crippen LogP contribution in [0.5, 0.6) is 0 Å². The van der Waals surface area contributed by atoms with Gasteiger partial charge in [-0.1, -0.05) is 6.07 Å². The number of hydrogen-bond acceptors (Lipinski definition) is 0. The second kappa shape index (κ2) is 3.42. The van der Waals surface area contributed by atoms with Crippen molar-refractivity contribution in [2.24, 2.45) is 0 Å². The van der Waals surface area contributed by atoms with Crippen LogP contribution in [0.25, 0.3) is 0 Å². The first-order valence-electron chi connectivity index (χ1n) is 4.39. The van der Waals surface area contributed by atoms with Gasteiger partial charge in [0.15, 0.2) is 0 Å². The first-order chi connectivity index (χ1) is 6.25. The maximum Gasteiger partial charge on any atom is 0.653 e. The van der Waals surface area contributed by atoms with Gasteiger partial charge >= 0.3 is 9.08 Å². The van der Waals surface area contributed by atoms with E-state index in [0.717, 1.165) is 16.7 Å². The molecule has 1 rings (SSSR count). The lowest BCUT2D eigenvalue weighted by Gasteiger charge is -2.14. The quantitative estimate of drug-likeness (QED) is 0.502. The minimum atomic E-state index is -5.66. The lowest BCUT2D eigenvalue weighted by Crippen LogP contribution is -2.37. The minimum Gasteiger partial charge on any atom is -0.234 e. The molecule has 0 heterocycles. The van der Waals surface area contributed by atoms with Gasteiger partial charge in [0.2, 0.25) is 0 Å². The average molecular weight is 218 g/mol. The molecule has 0 aromatic heterocycles. The molecule has 4 heteroatoms. The van der Waals surface area contributed by atoms with Crippen molar-refractivity contribution in [1.29, 1.82) is 0 Å². The zero-order chi connectivity index (χ0) is 11.1. The summed E-state index contributed by atoms with van der Waals surface area (Å²) in [4.78, 5) is 0. The molecule has 0 spiro atoms. The highest BCUT2D eigenvalue weighted by atomic mass is 28.5. The third kappa shape index (κ3) is 1.85. The highest BCUT2D eigenvalue weighted by Gasteiger charge is 2.41. The Morgan fingerprint density at radius 3 is 1.79 bits per heavy atom. The van der Waals surface area contributed by atoms with Gasteiger partial charge in [0.05, 0.1) is 0 Å². The number of halogens is 3. The minimum absolute atomic E-state index is 0.377. The Hall–Kier alpha value is -0.773. The summed E-state index contributed by atoms with van der Waals surface area (Å²) in [6.07, 6.45) is 0. The predicted octanol–water partition coefficient (Wildman–Crippen LogP) is 2.97. The van der Waals surface area contributed by atoms with Crippen LogP contribution in [0.1, 0.15) is 22.3 Å². The van der Waals surface area contributed by atoms with Gasteiger partial charge in [-0.25, -0.2) is 12.3 Å². The topological polar surface area (TPSA) is 0 Å². The zero-order valence-electron chi connectivity index (χ0n) is 8.71. The van der Waals surface area contributed by atoms with Crippen LogP contribution in [0.4, 0.5) is 12.3 Å². The van der Waals surface area contributed by atoms with E-state index in [4.69, 9.17) is 0 Å². The molecule has 78 valence electrons. The van der Waals surface area contributed by atoms with Gasteiger partial charge in [0.1, 0.15) is 0 Å². The van der Waals surface area contributed by atoms with Crippen LogP contribution in [0.2, 0.25) is 0 Å². The lowest BCUT2D eigenvalue weighted by atomic mass is 10.00. The molecule has 0 aliphatic heterocycles. The molecule has 0 saturated heterocycles. The number of benzene rings is 1. The molecule has 0 radical (unpaired) electrons. The Labute approximate surface area is 83.3 Å². The van der Waals surface area contributed by atoms with Crippen molar-refractivity contribution >= 4 is 14.3 Å². The van der Waals surface area contributed by atoms with Gasteiger partial charge in [-0.05, 0) is 49.9 Å². The summed E-state index contributed by atoms with van der Waals surface area (Å²) in [6, 6.07) is 1.28. The van der Waals surface area contributed by atoms with Crippen LogP contribution in [-0.4, -0.2) is 9.08 Å². The molecule has 0 atom stereocenters. The summed E-state index contributed by atoms with van der Waals surface area (Å²) < 4.78 is 38.0. The van der Waals surface area contributed by atoms with Crippen molar-refractivity contribution in [3.05, 3.63) is 28.3 Å². The van der Waals surface area contributed by atoms with Gasteiger partial charge < -0.3 is 0 Å². The largest absolute Gasteiger partial charge is 0.653 e. The third-order valence-electron chi connectivity index (χ3n) is 2.79. The van der Waals surface area contributed by atoms with E-state index < -0.39 is 9.08 Å². The van der Waals surface area contributed by atoms with Gasteiger partial charge in [-0.2, -0.15) is 0 Å². The summed E-state index contributed by atoms with van der Waals surface area (Å²) in [5, 5.41) is -0.377. The van der Waals surface area contributed by atoms with Gasteiger partial charge in [0, 0.05) is 5.19 Å². The lowest BCUT2D eigenvalue weighted by molar-refractivity contribution is 0.500. The number of aryl methyl sites for hydroxylation is 1. The molecule has 0 N–H and O–H groups in total. The Morgan fingerprint density at radius 1 is 0.857 bits per heavy atom. The van der Waals surface area contributed by atoms with Crippen LogP contribution in [0.3, 0.4) is 0 Å². The van der Waals surface area contributed by atoms with E-state index in [-0.39, 0.29) is 5.19 Å². The fourth-order valence-corrected chi connectivity index (χ4v) is 2.50. The number of rotatable bonds is 1. The molecular weight excluding hydrogens is 205 g/mol. The van der Waals surface area contributed by atoms with Crippen LogP contribution >= 0.6 is 0 Å². The Balaban J connectivity index is 3.49. The van der Waals surface area contributed by atoms with Gasteiger partial charge in [-0.15, -0.1) is 0 Å². The molecule has 0 amide bonds. The average Bonchev–Trinajstić information content (AvgIpc) is 2.06. The van der Waals surface area contributed by atoms with Gasteiger partial charge in [0.25, 0.3) is 0 Å². The van der Waals surface area contributed by atoms with E-state index in [0.29, 0.717) is 5.56 Å². The molecule has 0 aliphatic rings. The fraction of sp³-hybridized carbons (Fsp3) is 0.400. The van der Waals surface area contributed by atoms with E-state index in [9.17, 15) is 12.3 Å². The summed E-state index contributed by atoms with van der Waals surface area (Å²) >= 11 is 0. The Bertz CT molecular complexity index is 367. The standard InChI is InChI=1S/C10H13F3Si/c1-6-5-10(14(11,12)13)9(4)8(3)7(6)2/h5H,1-4H3. The Morgan fingerprint density at radius 2 is 1.36 bits per heavy atom. The first kappa shape index (κ1) is 11.3. The molecule has 0 nitrogen and oxygen atoms in total. The first-order valence-corrected chi connectivity index (χ1v) is 6.03. The smallest absolute Gasteiger partial charge is 0.234 e. The fourth-order valence-electron chi connectivity index (χ4n) is 1.51. The molecule has 0 bridgehead atoms. The van der Waals surface area contributed by atoms with Crippen molar-refractivity contribution in [3.63, 3.8) is 0 Å². The highest BCUT2D eigenvalue weighted by molar-refractivity contribution is 6.74. The number of hydrogen-bond donors (Lipinski definition) is 0. The van der Waals surface area contributed by atoms with E-state index in [1.54, 1.807) is 20.8 Å². The second-order valence-electron chi connectivity index (χ2n) is 3.61. The van der Waals surface area contributed by atoms with Crippen molar-refractivity contribution in [2.45, 2.75) is 27.7 Å². The normalized spacial score (nSPS) is 11.9. The molecule has 14 heavy (non-hydrogen) atoms. The molecule has 1 aromatic carbocycles. The summed E-state index contributed by atoms with van der Waals surface area (Å²) in [5.41, 5.74) is 2.86. The summed E-state index contributed by atoms with van der Waals surface area (Å²) in [5.74, 6) is 0. The maximum absolute atomic E-state index is 12.7. The predicted molar refractivity (Wildman–Crippen MR) is 54.1 cm³/mol. The SMILES string of the molecule is Cc1cc([Si](F)(F)F)c(C)c(C)c1C. The molecule has 0 fully saturated rings. The van der Waals surface area contributed by atoms with Crippen LogP contribution in [0.15, 0.2) is 6.07 Å². The second-order valence-corrected chi connectivity index (χ2v) is 5.15. The summed E-state index contributed by atoms with van der Waals surface area (Å²) in [7, 11) is -5.66. The molecular formula is C10H13F3Si. The maximum atomic E-state index is 12.7. The van der Waals surface area contributed by atoms with E-state index >= 15 is 0 Å². The monoisotopic (exact) mass is 218 g/mol. The van der Waals surface area contributed by atoms with Crippen LogP contribution < -0.4 is 5.19 Å². The van der Waals surface area contributed by atoms with Crippen molar-refractivity contribution in [2.75, 3.05) is 0 Å². The molecule has 1 aromatic rings. The molecule has 0 aliphatic carbocycles. The van der Waals surface area contributed by atoms with E-state index in [1.807, 2.05) is 6.92 Å². The van der Waals surface area contributed by atoms with Crippen LogP contribution in [-0.2, 0) is 0 Å². The summed E-state index contributed by atoms with van der Waals surface area (Å²) in [6.45, 7) is 6.89. The third-order valence-corrected chi connectivity index (χ3v) is 3.92.